The minimum Gasteiger partial charge on any atom is -0.373 e. The Balaban J connectivity index is 1.42. The quantitative estimate of drug-likeness (QED) is 0.374. The molecule has 6 rings (SSSR count). The van der Waals surface area contributed by atoms with E-state index in [0.29, 0.717) is 41.8 Å². The van der Waals surface area contributed by atoms with Crippen LogP contribution in [0, 0.1) is 11.6 Å². The molecule has 35 heavy (non-hydrogen) atoms. The van der Waals surface area contributed by atoms with Crippen molar-refractivity contribution >= 4 is 11.2 Å². The van der Waals surface area contributed by atoms with Crippen LogP contribution in [0.5, 0.6) is 0 Å². The van der Waals surface area contributed by atoms with E-state index in [4.69, 9.17) is 19.7 Å². The van der Waals surface area contributed by atoms with Crippen molar-refractivity contribution in [3.05, 3.63) is 59.4 Å². The molecule has 0 unspecified atom stereocenters. The zero-order valence-electron chi connectivity index (χ0n) is 20.1. The number of halogens is 2. The molecule has 7 nitrogen and oxygen atoms in total. The molecule has 4 heterocycles. The van der Waals surface area contributed by atoms with Crippen molar-refractivity contribution in [1.82, 2.24) is 29.3 Å². The van der Waals surface area contributed by atoms with E-state index in [-0.39, 0.29) is 23.5 Å². The number of benzene rings is 1. The highest BCUT2D eigenvalue weighted by Gasteiger charge is 2.31. The molecule has 0 spiro atoms. The molecular weight excluding hydrogens is 450 g/mol. The first-order chi connectivity index (χ1) is 16.9. The van der Waals surface area contributed by atoms with Gasteiger partial charge in [-0.05, 0) is 37.8 Å². The molecule has 2 atom stereocenters. The normalized spacial score (nSPS) is 20.7. The van der Waals surface area contributed by atoms with Crippen molar-refractivity contribution in [3.63, 3.8) is 0 Å². The molecule has 3 aromatic heterocycles. The van der Waals surface area contributed by atoms with Crippen LogP contribution >= 0.6 is 0 Å². The number of aromatic nitrogens is 6. The predicted molar refractivity (Wildman–Crippen MR) is 127 cm³/mol. The van der Waals surface area contributed by atoms with Crippen LogP contribution in [0.1, 0.15) is 80.7 Å². The maximum Gasteiger partial charge on any atom is 0.181 e. The topological polar surface area (TPSA) is 70.7 Å². The van der Waals surface area contributed by atoms with Crippen LogP contribution in [0.2, 0.25) is 0 Å². The molecule has 1 saturated heterocycles. The van der Waals surface area contributed by atoms with Gasteiger partial charge in [-0.1, -0.05) is 13.8 Å². The third kappa shape index (κ3) is 4.01. The lowest BCUT2D eigenvalue weighted by Gasteiger charge is -2.28. The lowest BCUT2D eigenvalue weighted by Crippen LogP contribution is -2.20. The third-order valence-electron chi connectivity index (χ3n) is 7.05. The highest BCUT2D eigenvalue weighted by molar-refractivity contribution is 5.88. The van der Waals surface area contributed by atoms with Crippen molar-refractivity contribution in [1.29, 1.82) is 0 Å². The average Bonchev–Trinajstić information content (AvgIpc) is 3.47. The zero-order chi connectivity index (χ0) is 24.3. The molecular formula is C26H28F2N6O. The van der Waals surface area contributed by atoms with Crippen molar-refractivity contribution in [2.75, 3.05) is 6.61 Å². The van der Waals surface area contributed by atoms with Crippen molar-refractivity contribution in [2.45, 2.75) is 63.5 Å². The van der Waals surface area contributed by atoms with Crippen LogP contribution in [0.4, 0.5) is 8.78 Å². The maximum atomic E-state index is 14.9. The number of hydrogen-bond donors (Lipinski definition) is 0. The summed E-state index contributed by atoms with van der Waals surface area (Å²) in [4.78, 5) is 14.5. The fraction of sp³-hybridized carbons (Fsp3) is 0.462. The molecule has 182 valence electrons. The first-order valence-corrected chi connectivity index (χ1v) is 12.2. The Bertz CT molecular complexity index is 1410. The Hall–Kier alpha value is -3.20. The van der Waals surface area contributed by atoms with Gasteiger partial charge in [0.1, 0.15) is 34.5 Å². The van der Waals surface area contributed by atoms with Crippen LogP contribution in [0.3, 0.4) is 0 Å². The Morgan fingerprint density at radius 2 is 1.91 bits per heavy atom. The Kier molecular flexibility index (Phi) is 5.40. The van der Waals surface area contributed by atoms with E-state index in [1.165, 1.54) is 25.0 Å². The molecule has 4 aromatic rings. The molecule has 1 aliphatic heterocycles. The van der Waals surface area contributed by atoms with Gasteiger partial charge >= 0.3 is 0 Å². The minimum atomic E-state index is -0.652. The lowest BCUT2D eigenvalue weighted by atomic mass is 9.92. The van der Waals surface area contributed by atoms with Crippen LogP contribution in [0.15, 0.2) is 30.6 Å². The van der Waals surface area contributed by atoms with E-state index >= 15 is 0 Å². The first-order valence-electron chi connectivity index (χ1n) is 12.2. The van der Waals surface area contributed by atoms with Crippen LogP contribution in [0.25, 0.3) is 22.4 Å². The number of nitrogens with zero attached hydrogens (tertiary/aromatic N) is 6. The van der Waals surface area contributed by atoms with E-state index in [0.717, 1.165) is 23.9 Å². The van der Waals surface area contributed by atoms with Crippen LogP contribution in [-0.2, 0) is 11.8 Å². The van der Waals surface area contributed by atoms with Crippen molar-refractivity contribution in [2.24, 2.45) is 7.05 Å². The molecule has 0 N–H and O–H groups in total. The highest BCUT2D eigenvalue weighted by atomic mass is 19.1. The molecule has 2 aliphatic rings. The van der Waals surface area contributed by atoms with Gasteiger partial charge in [0.25, 0.3) is 0 Å². The summed E-state index contributed by atoms with van der Waals surface area (Å²) < 4.78 is 38.7. The Morgan fingerprint density at radius 1 is 1.09 bits per heavy atom. The molecule has 0 radical (unpaired) electrons. The van der Waals surface area contributed by atoms with Gasteiger partial charge < -0.3 is 9.30 Å². The fourth-order valence-electron chi connectivity index (χ4n) is 5.03. The summed E-state index contributed by atoms with van der Waals surface area (Å²) in [5, 5.41) is 4.51. The average molecular weight is 479 g/mol. The second-order valence-electron chi connectivity index (χ2n) is 9.98. The molecule has 1 aromatic carbocycles. The van der Waals surface area contributed by atoms with E-state index in [2.05, 4.69) is 25.1 Å². The Morgan fingerprint density at radius 3 is 2.66 bits per heavy atom. The smallest absolute Gasteiger partial charge is 0.181 e. The summed E-state index contributed by atoms with van der Waals surface area (Å²) in [6.45, 7) is 4.68. The van der Waals surface area contributed by atoms with E-state index in [1.54, 1.807) is 0 Å². The highest BCUT2D eigenvalue weighted by Crippen LogP contribution is 2.40. The number of ether oxygens (including phenoxy) is 1. The summed E-state index contributed by atoms with van der Waals surface area (Å²) >= 11 is 0. The van der Waals surface area contributed by atoms with E-state index < -0.39 is 11.6 Å². The minimum absolute atomic E-state index is 0.0224. The van der Waals surface area contributed by atoms with Gasteiger partial charge in [-0.3, -0.25) is 4.68 Å². The molecule has 2 fully saturated rings. The van der Waals surface area contributed by atoms with Crippen molar-refractivity contribution < 1.29 is 13.5 Å². The molecule has 0 bridgehead atoms. The number of aryl methyl sites for hydroxylation is 1. The van der Waals surface area contributed by atoms with Gasteiger partial charge in [0.15, 0.2) is 5.65 Å². The molecule has 9 heteroatoms. The van der Waals surface area contributed by atoms with Gasteiger partial charge in [0.05, 0.1) is 18.3 Å². The Labute approximate surface area is 202 Å². The number of hydrogen-bond acceptors (Lipinski definition) is 5. The summed E-state index contributed by atoms with van der Waals surface area (Å²) in [7, 11) is 1.89. The van der Waals surface area contributed by atoms with Crippen molar-refractivity contribution in [3.8, 4) is 11.3 Å². The first kappa shape index (κ1) is 22.3. The van der Waals surface area contributed by atoms with Gasteiger partial charge in [0, 0.05) is 48.9 Å². The maximum absolute atomic E-state index is 14.9. The third-order valence-corrected chi connectivity index (χ3v) is 7.05. The van der Waals surface area contributed by atoms with Crippen LogP contribution < -0.4 is 0 Å². The van der Waals surface area contributed by atoms with Gasteiger partial charge in [-0.25, -0.2) is 23.7 Å². The summed E-state index contributed by atoms with van der Waals surface area (Å²) in [5.41, 5.74) is 2.93. The van der Waals surface area contributed by atoms with Gasteiger partial charge in [-0.15, -0.1) is 0 Å². The second kappa shape index (κ2) is 8.48. The SMILES string of the molecule is CC(C)c1nc2nc([C@H]3CCO[C@@H](c4cnn(C5CC5)c4)C3)nc(-c3ccc(F)cc3F)c2n1C. The predicted octanol–water partition coefficient (Wildman–Crippen LogP) is 5.60. The summed E-state index contributed by atoms with van der Waals surface area (Å²) in [6.07, 6.45) is 7.69. The molecule has 0 amide bonds. The number of imidazole rings is 1. The van der Waals surface area contributed by atoms with Gasteiger partial charge in [-0.2, -0.15) is 5.10 Å². The van der Waals surface area contributed by atoms with E-state index in [9.17, 15) is 8.78 Å². The summed E-state index contributed by atoms with van der Waals surface area (Å²) in [6, 6.07) is 4.11. The fourth-order valence-corrected chi connectivity index (χ4v) is 5.03. The van der Waals surface area contributed by atoms with Crippen LogP contribution in [-0.4, -0.2) is 35.9 Å². The zero-order valence-corrected chi connectivity index (χ0v) is 20.1. The largest absolute Gasteiger partial charge is 0.373 e. The molecule has 1 aliphatic carbocycles. The standard InChI is InChI=1S/C26H28F2N6O/c1-14(2)26-32-25-23(33(26)3)22(19-7-4-17(27)11-20(19)28)30-24(31-25)15-8-9-35-21(10-15)16-12-29-34(13-16)18-5-6-18/h4,7,11-15,18,21H,5-6,8-10H2,1-3H3/t15-,21+/m0/s1. The lowest BCUT2D eigenvalue weighted by molar-refractivity contribution is 0.00396. The summed E-state index contributed by atoms with van der Waals surface area (Å²) in [5.74, 6) is 0.359. The number of fused-ring (bicyclic) bond motifs is 1. The number of rotatable bonds is 5. The van der Waals surface area contributed by atoms with Gasteiger partial charge in [0.2, 0.25) is 0 Å². The second-order valence-corrected chi connectivity index (χ2v) is 9.98. The monoisotopic (exact) mass is 478 g/mol. The molecule has 1 saturated carbocycles. The van der Waals surface area contributed by atoms with E-state index in [1.807, 2.05) is 22.5 Å².